The number of nitrogens with two attached hydrogens (primary N) is 1. The van der Waals surface area contributed by atoms with Crippen molar-refractivity contribution < 1.29 is 0 Å². The van der Waals surface area contributed by atoms with Crippen LogP contribution in [-0.4, -0.2) is 9.55 Å². The lowest BCUT2D eigenvalue weighted by molar-refractivity contribution is 0.948. The van der Waals surface area contributed by atoms with Gasteiger partial charge in [0.2, 0.25) is 0 Å². The molecule has 2 rings (SSSR count). The van der Waals surface area contributed by atoms with Crippen molar-refractivity contribution in [3.63, 3.8) is 0 Å². The molecule has 10 heavy (non-hydrogen) atoms. The smallest absolute Gasteiger partial charge is 0.143 e. The first-order valence-electron chi connectivity index (χ1n) is 2.94. The van der Waals surface area contributed by atoms with Crippen molar-refractivity contribution in [2.24, 2.45) is 7.05 Å². The molecule has 0 fully saturated rings. The molecule has 0 aliphatic carbocycles. The Bertz CT molecular complexity index is 360. The van der Waals surface area contributed by atoms with Gasteiger partial charge in [-0.15, -0.1) is 0 Å². The van der Waals surface area contributed by atoms with E-state index in [4.69, 9.17) is 5.73 Å². The highest BCUT2D eigenvalue weighted by Crippen LogP contribution is 2.24. The minimum absolute atomic E-state index is 0.828. The lowest BCUT2D eigenvalue weighted by Gasteiger charge is -1.84. The molecule has 0 amide bonds. The molecule has 0 saturated heterocycles. The van der Waals surface area contributed by atoms with Crippen molar-refractivity contribution in [2.75, 3.05) is 5.73 Å². The molecule has 0 aromatic carbocycles. The van der Waals surface area contributed by atoms with Crippen LogP contribution in [0.25, 0.3) is 10.3 Å². The van der Waals surface area contributed by atoms with Crippen LogP contribution in [-0.2, 0) is 7.05 Å². The van der Waals surface area contributed by atoms with Crippen LogP contribution >= 0.6 is 11.3 Å². The fourth-order valence-corrected chi connectivity index (χ4v) is 1.74. The molecular weight excluding hydrogens is 146 g/mol. The van der Waals surface area contributed by atoms with Crippen molar-refractivity contribution in [1.29, 1.82) is 0 Å². The summed E-state index contributed by atoms with van der Waals surface area (Å²) in [5, 5.41) is 0.828. The second-order valence-corrected chi connectivity index (χ2v) is 3.26. The summed E-state index contributed by atoms with van der Waals surface area (Å²) < 4.78 is 1.96. The monoisotopic (exact) mass is 153 g/mol. The van der Waals surface area contributed by atoms with E-state index in [0.29, 0.717) is 0 Å². The lowest BCUT2D eigenvalue weighted by atomic mass is 10.5. The number of aryl methyl sites for hydroxylation is 1. The second-order valence-electron chi connectivity index (χ2n) is 2.19. The van der Waals surface area contributed by atoms with Crippen LogP contribution in [0.15, 0.2) is 12.4 Å². The molecule has 0 aliphatic rings. The average Bonchev–Trinajstić information content (AvgIpc) is 2.35. The largest absolute Gasteiger partial charge is 0.390 e. The highest BCUT2D eigenvalue weighted by Gasteiger charge is 2.01. The third kappa shape index (κ3) is 0.623. The molecule has 2 heterocycles. The van der Waals surface area contributed by atoms with E-state index in [-0.39, 0.29) is 0 Å². The summed E-state index contributed by atoms with van der Waals surface area (Å²) >= 11 is 1.52. The molecule has 3 nitrogen and oxygen atoms in total. The number of thiophene rings is 1. The molecule has 0 unspecified atom stereocenters. The van der Waals surface area contributed by atoms with Gasteiger partial charge in [-0.1, -0.05) is 11.3 Å². The van der Waals surface area contributed by atoms with E-state index in [1.807, 2.05) is 17.7 Å². The summed E-state index contributed by atoms with van der Waals surface area (Å²) in [5.41, 5.74) is 6.68. The van der Waals surface area contributed by atoms with Gasteiger partial charge in [-0.25, -0.2) is 4.98 Å². The lowest BCUT2D eigenvalue weighted by Crippen LogP contribution is -1.81. The van der Waals surface area contributed by atoms with Gasteiger partial charge in [-0.3, -0.25) is 0 Å². The van der Waals surface area contributed by atoms with Crippen molar-refractivity contribution in [2.45, 2.75) is 0 Å². The molecule has 2 aromatic heterocycles. The van der Waals surface area contributed by atoms with E-state index >= 15 is 0 Å². The topological polar surface area (TPSA) is 43.8 Å². The maximum atomic E-state index is 5.57. The molecule has 0 bridgehead atoms. The molecule has 2 aromatic rings. The maximum Gasteiger partial charge on any atom is 0.143 e. The molecule has 0 saturated carbocycles. The Hall–Kier alpha value is -1.03. The molecule has 0 radical (unpaired) electrons. The highest BCUT2D eigenvalue weighted by atomic mass is 32.1. The number of imidazole rings is 1. The molecule has 0 spiro atoms. The fraction of sp³-hybridized carbons (Fsp3) is 0.167. The van der Waals surface area contributed by atoms with Crippen molar-refractivity contribution in [3.8, 4) is 0 Å². The summed E-state index contributed by atoms with van der Waals surface area (Å²) in [5.74, 6) is 0. The number of aromatic nitrogens is 2. The predicted octanol–water partition coefficient (Wildman–Crippen LogP) is 1.22. The first kappa shape index (κ1) is 5.73. The Morgan fingerprint density at radius 2 is 2.50 bits per heavy atom. The average molecular weight is 153 g/mol. The van der Waals surface area contributed by atoms with Crippen LogP contribution < -0.4 is 5.73 Å². The molecule has 52 valence electrons. The Kier molecular flexibility index (Phi) is 0.990. The predicted molar refractivity (Wildman–Crippen MR) is 43.0 cm³/mol. The van der Waals surface area contributed by atoms with Gasteiger partial charge in [-0.2, -0.15) is 0 Å². The third-order valence-corrected chi connectivity index (χ3v) is 2.30. The van der Waals surface area contributed by atoms with Crippen molar-refractivity contribution in [1.82, 2.24) is 9.55 Å². The van der Waals surface area contributed by atoms with E-state index in [1.165, 1.54) is 11.3 Å². The van der Waals surface area contributed by atoms with E-state index in [2.05, 4.69) is 4.98 Å². The maximum absolute atomic E-state index is 5.57. The number of nitrogens with zero attached hydrogens (tertiary/aromatic N) is 2. The summed E-state index contributed by atoms with van der Waals surface area (Å²) in [6.45, 7) is 0. The van der Waals surface area contributed by atoms with Crippen LogP contribution in [0, 0.1) is 0 Å². The Labute approximate surface area is 62.1 Å². The summed E-state index contributed by atoms with van der Waals surface area (Å²) in [6, 6.07) is 1.94. The Balaban J connectivity index is 2.90. The zero-order valence-corrected chi connectivity index (χ0v) is 6.35. The van der Waals surface area contributed by atoms with Gasteiger partial charge in [0, 0.05) is 7.05 Å². The number of hydrogen-bond acceptors (Lipinski definition) is 3. The number of anilines is 1. The number of fused-ring (bicyclic) bond motifs is 1. The second kappa shape index (κ2) is 1.73. The van der Waals surface area contributed by atoms with Crippen LogP contribution in [0.3, 0.4) is 0 Å². The minimum Gasteiger partial charge on any atom is -0.390 e. The van der Waals surface area contributed by atoms with Gasteiger partial charge in [0.05, 0.1) is 16.8 Å². The highest BCUT2D eigenvalue weighted by molar-refractivity contribution is 7.22. The fourth-order valence-electron chi connectivity index (χ4n) is 0.936. The number of hydrogen-bond donors (Lipinski definition) is 1. The van der Waals surface area contributed by atoms with E-state index in [1.54, 1.807) is 6.33 Å². The Morgan fingerprint density at radius 1 is 1.70 bits per heavy atom. The summed E-state index contributed by atoms with van der Waals surface area (Å²) in [6.07, 6.45) is 1.79. The van der Waals surface area contributed by atoms with E-state index in [9.17, 15) is 0 Å². The quantitative estimate of drug-likeness (QED) is 0.618. The number of nitrogen functional groups attached to an aromatic ring is 1. The van der Waals surface area contributed by atoms with Crippen LogP contribution in [0.5, 0.6) is 0 Å². The van der Waals surface area contributed by atoms with Gasteiger partial charge in [0.1, 0.15) is 4.83 Å². The molecule has 4 heteroatoms. The van der Waals surface area contributed by atoms with Gasteiger partial charge in [0.15, 0.2) is 0 Å². The normalized spacial score (nSPS) is 10.9. The SMILES string of the molecule is Cn1cnc2sc(N)cc21. The molecule has 0 aliphatic heterocycles. The van der Waals surface area contributed by atoms with Crippen molar-refractivity contribution in [3.05, 3.63) is 12.4 Å². The third-order valence-electron chi connectivity index (χ3n) is 1.44. The van der Waals surface area contributed by atoms with E-state index < -0.39 is 0 Å². The molecule has 0 atom stereocenters. The van der Waals surface area contributed by atoms with Gasteiger partial charge in [-0.05, 0) is 6.07 Å². The van der Waals surface area contributed by atoms with Crippen LogP contribution in [0.4, 0.5) is 5.00 Å². The minimum atomic E-state index is 0.828. The van der Waals surface area contributed by atoms with Gasteiger partial charge in [0.25, 0.3) is 0 Å². The molecule has 2 N–H and O–H groups in total. The zero-order chi connectivity index (χ0) is 7.14. The van der Waals surface area contributed by atoms with Crippen LogP contribution in [0.2, 0.25) is 0 Å². The van der Waals surface area contributed by atoms with Gasteiger partial charge < -0.3 is 10.3 Å². The Morgan fingerprint density at radius 3 is 3.20 bits per heavy atom. The summed E-state index contributed by atoms with van der Waals surface area (Å²) in [4.78, 5) is 5.15. The summed E-state index contributed by atoms with van der Waals surface area (Å²) in [7, 11) is 1.96. The standard InChI is InChI=1S/C6H7N3S/c1-9-3-8-6-4(9)2-5(7)10-6/h2-3H,7H2,1H3. The first-order valence-corrected chi connectivity index (χ1v) is 3.75. The first-order chi connectivity index (χ1) is 4.77. The van der Waals surface area contributed by atoms with E-state index in [0.717, 1.165) is 15.3 Å². The van der Waals surface area contributed by atoms with Crippen LogP contribution in [0.1, 0.15) is 0 Å². The zero-order valence-electron chi connectivity index (χ0n) is 5.53. The van der Waals surface area contributed by atoms with Crippen molar-refractivity contribution >= 4 is 26.7 Å². The molecular formula is C6H7N3S. The van der Waals surface area contributed by atoms with Gasteiger partial charge >= 0.3 is 0 Å². The number of rotatable bonds is 0.